The predicted octanol–water partition coefficient (Wildman–Crippen LogP) is 2.32. The lowest BCUT2D eigenvalue weighted by Gasteiger charge is -2.29. The minimum Gasteiger partial charge on any atom is -0.451 e. The first-order valence-corrected chi connectivity index (χ1v) is 9.33. The molecule has 0 bridgehead atoms. The van der Waals surface area contributed by atoms with Gasteiger partial charge in [0.15, 0.2) is 6.10 Å². The van der Waals surface area contributed by atoms with E-state index in [1.807, 2.05) is 32.0 Å². The highest BCUT2D eigenvalue weighted by Crippen LogP contribution is 2.47. The van der Waals surface area contributed by atoms with Gasteiger partial charge in [-0.3, -0.25) is 9.59 Å². The fraction of sp³-hybridized carbons (Fsp3) is 0.500. The third-order valence-electron chi connectivity index (χ3n) is 4.78. The van der Waals surface area contributed by atoms with Crippen LogP contribution in [0.2, 0.25) is 0 Å². The van der Waals surface area contributed by atoms with E-state index in [4.69, 9.17) is 4.74 Å². The van der Waals surface area contributed by atoms with Crippen LogP contribution in [-0.4, -0.2) is 45.5 Å². The zero-order chi connectivity index (χ0) is 18.2. The SMILES string of the molecule is Cc1ccccc1NC(=O)[C@@H](C)OC(=O)[C@H]1CS[C@@]2(C)CCC(=O)N12. The molecule has 2 aliphatic heterocycles. The van der Waals surface area contributed by atoms with Crippen molar-refractivity contribution in [2.24, 2.45) is 0 Å². The Kier molecular flexibility index (Phi) is 4.77. The molecule has 2 amide bonds. The van der Waals surface area contributed by atoms with Crippen molar-refractivity contribution in [3.8, 4) is 0 Å². The van der Waals surface area contributed by atoms with Crippen molar-refractivity contribution in [1.29, 1.82) is 0 Å². The van der Waals surface area contributed by atoms with Crippen LogP contribution in [0, 0.1) is 6.92 Å². The maximum Gasteiger partial charge on any atom is 0.330 e. The summed E-state index contributed by atoms with van der Waals surface area (Å²) in [5.41, 5.74) is 1.62. The molecule has 1 aromatic carbocycles. The zero-order valence-electron chi connectivity index (χ0n) is 14.6. The number of hydrogen-bond donors (Lipinski definition) is 1. The van der Waals surface area contributed by atoms with Crippen LogP contribution in [0.4, 0.5) is 5.69 Å². The molecule has 0 aliphatic carbocycles. The quantitative estimate of drug-likeness (QED) is 0.832. The molecule has 0 spiro atoms. The topological polar surface area (TPSA) is 75.7 Å². The number of anilines is 1. The number of hydrogen-bond acceptors (Lipinski definition) is 5. The molecule has 1 aromatic rings. The first-order valence-electron chi connectivity index (χ1n) is 8.35. The molecular formula is C18H22N2O4S. The number of benzene rings is 1. The molecule has 0 aromatic heterocycles. The number of nitrogens with one attached hydrogen (secondary N) is 1. The molecule has 0 saturated carbocycles. The van der Waals surface area contributed by atoms with Gasteiger partial charge in [-0.05, 0) is 38.8 Å². The van der Waals surface area contributed by atoms with E-state index in [2.05, 4.69) is 5.32 Å². The minimum absolute atomic E-state index is 0.0218. The summed E-state index contributed by atoms with van der Waals surface area (Å²) in [6, 6.07) is 6.79. The molecule has 6 nitrogen and oxygen atoms in total. The van der Waals surface area contributed by atoms with Gasteiger partial charge in [0.25, 0.3) is 5.91 Å². The first kappa shape index (κ1) is 17.8. The summed E-state index contributed by atoms with van der Waals surface area (Å²) in [5.74, 6) is -0.415. The van der Waals surface area contributed by atoms with E-state index >= 15 is 0 Å². The van der Waals surface area contributed by atoms with Gasteiger partial charge >= 0.3 is 5.97 Å². The fourth-order valence-electron chi connectivity index (χ4n) is 3.25. The van der Waals surface area contributed by atoms with Crippen LogP contribution in [0.5, 0.6) is 0 Å². The Morgan fingerprint density at radius 1 is 1.40 bits per heavy atom. The molecule has 2 heterocycles. The van der Waals surface area contributed by atoms with E-state index in [-0.39, 0.29) is 16.7 Å². The number of thioether (sulfide) groups is 1. The molecular weight excluding hydrogens is 340 g/mol. The van der Waals surface area contributed by atoms with Crippen molar-refractivity contribution in [2.75, 3.05) is 11.1 Å². The van der Waals surface area contributed by atoms with E-state index in [9.17, 15) is 14.4 Å². The summed E-state index contributed by atoms with van der Waals surface area (Å²) in [7, 11) is 0. The highest BCUT2D eigenvalue weighted by Gasteiger charge is 2.53. The number of carbonyl (C=O) groups excluding carboxylic acids is 3. The van der Waals surface area contributed by atoms with Gasteiger partial charge in [0, 0.05) is 17.9 Å². The van der Waals surface area contributed by atoms with Crippen LogP contribution in [-0.2, 0) is 19.1 Å². The van der Waals surface area contributed by atoms with Gasteiger partial charge in [-0.15, -0.1) is 11.8 Å². The number of ether oxygens (including phenoxy) is 1. The Balaban J connectivity index is 1.62. The second-order valence-corrected chi connectivity index (χ2v) is 8.15. The number of amides is 2. The van der Waals surface area contributed by atoms with Crippen LogP contribution in [0.15, 0.2) is 24.3 Å². The molecule has 0 unspecified atom stereocenters. The number of aryl methyl sites for hydroxylation is 1. The van der Waals surface area contributed by atoms with Crippen molar-refractivity contribution >= 4 is 35.2 Å². The van der Waals surface area contributed by atoms with E-state index in [1.54, 1.807) is 29.7 Å². The average Bonchev–Trinajstić information content (AvgIpc) is 3.06. The van der Waals surface area contributed by atoms with Crippen molar-refractivity contribution in [2.45, 2.75) is 50.6 Å². The average molecular weight is 362 g/mol. The number of para-hydroxylation sites is 1. The summed E-state index contributed by atoms with van der Waals surface area (Å²) < 4.78 is 5.35. The molecule has 3 atom stereocenters. The lowest BCUT2D eigenvalue weighted by atomic mass is 10.2. The molecule has 2 saturated heterocycles. The molecule has 25 heavy (non-hydrogen) atoms. The number of fused-ring (bicyclic) bond motifs is 1. The summed E-state index contributed by atoms with van der Waals surface area (Å²) in [6.45, 7) is 5.41. The Morgan fingerprint density at radius 3 is 2.84 bits per heavy atom. The number of carbonyl (C=O) groups is 3. The van der Waals surface area contributed by atoms with Crippen LogP contribution in [0.25, 0.3) is 0 Å². The second kappa shape index (κ2) is 6.71. The van der Waals surface area contributed by atoms with Gasteiger partial charge < -0.3 is 15.0 Å². The van der Waals surface area contributed by atoms with Crippen molar-refractivity contribution in [1.82, 2.24) is 4.90 Å². The Morgan fingerprint density at radius 2 is 2.12 bits per heavy atom. The van der Waals surface area contributed by atoms with Gasteiger partial charge in [-0.2, -0.15) is 0 Å². The molecule has 134 valence electrons. The fourth-order valence-corrected chi connectivity index (χ4v) is 4.67. The standard InChI is InChI=1S/C18H22N2O4S/c1-11-6-4-5-7-13(11)19-16(22)12(2)24-17(23)14-10-25-18(3)9-8-15(21)20(14)18/h4-7,12,14H,8-10H2,1-3H3,(H,19,22)/t12-,14-,18+/m1/s1. The van der Waals surface area contributed by atoms with Gasteiger partial charge in [-0.25, -0.2) is 4.79 Å². The summed E-state index contributed by atoms with van der Waals surface area (Å²) in [5, 5.41) is 2.77. The van der Waals surface area contributed by atoms with Gasteiger partial charge in [0.1, 0.15) is 6.04 Å². The molecule has 2 fully saturated rings. The number of rotatable bonds is 4. The molecule has 2 aliphatic rings. The van der Waals surface area contributed by atoms with E-state index in [0.29, 0.717) is 17.9 Å². The zero-order valence-corrected chi connectivity index (χ0v) is 15.4. The van der Waals surface area contributed by atoms with Crippen LogP contribution >= 0.6 is 11.8 Å². The summed E-state index contributed by atoms with van der Waals surface area (Å²) in [4.78, 5) is 38.2. The van der Waals surface area contributed by atoms with Crippen LogP contribution in [0.1, 0.15) is 32.3 Å². The van der Waals surface area contributed by atoms with E-state index in [0.717, 1.165) is 12.0 Å². The highest BCUT2D eigenvalue weighted by molar-refractivity contribution is 8.01. The number of nitrogens with zero attached hydrogens (tertiary/aromatic N) is 1. The van der Waals surface area contributed by atoms with E-state index in [1.165, 1.54) is 0 Å². The largest absolute Gasteiger partial charge is 0.451 e. The smallest absolute Gasteiger partial charge is 0.330 e. The normalized spacial score (nSPS) is 26.3. The number of esters is 1. The van der Waals surface area contributed by atoms with Crippen LogP contribution < -0.4 is 5.32 Å². The first-order chi connectivity index (χ1) is 11.8. The van der Waals surface area contributed by atoms with E-state index < -0.39 is 18.1 Å². The van der Waals surface area contributed by atoms with Crippen molar-refractivity contribution in [3.63, 3.8) is 0 Å². The maximum absolute atomic E-state index is 12.5. The Hall–Kier alpha value is -2.02. The summed E-state index contributed by atoms with van der Waals surface area (Å²) in [6.07, 6.45) is 0.266. The third-order valence-corrected chi connectivity index (χ3v) is 6.29. The Labute approximate surface area is 151 Å². The van der Waals surface area contributed by atoms with Crippen molar-refractivity contribution in [3.05, 3.63) is 29.8 Å². The Bertz CT molecular complexity index is 723. The molecule has 7 heteroatoms. The van der Waals surface area contributed by atoms with Gasteiger partial charge in [0.2, 0.25) is 5.91 Å². The molecule has 3 rings (SSSR count). The maximum atomic E-state index is 12.5. The predicted molar refractivity (Wildman–Crippen MR) is 96.1 cm³/mol. The molecule has 0 radical (unpaired) electrons. The van der Waals surface area contributed by atoms with Crippen molar-refractivity contribution < 1.29 is 19.1 Å². The van der Waals surface area contributed by atoms with Gasteiger partial charge in [0.05, 0.1) is 4.87 Å². The lowest BCUT2D eigenvalue weighted by Crippen LogP contribution is -2.48. The minimum atomic E-state index is -0.929. The lowest BCUT2D eigenvalue weighted by molar-refractivity contribution is -0.160. The van der Waals surface area contributed by atoms with Gasteiger partial charge in [-0.1, -0.05) is 18.2 Å². The van der Waals surface area contributed by atoms with Crippen LogP contribution in [0.3, 0.4) is 0 Å². The monoisotopic (exact) mass is 362 g/mol. The third kappa shape index (κ3) is 3.38. The second-order valence-electron chi connectivity index (χ2n) is 6.65. The highest BCUT2D eigenvalue weighted by atomic mass is 32.2. The summed E-state index contributed by atoms with van der Waals surface area (Å²) >= 11 is 1.60. The molecule has 1 N–H and O–H groups in total.